The Morgan fingerprint density at radius 2 is 2.04 bits per heavy atom. The number of carbonyl (C=O) groups excluding carboxylic acids is 1. The van der Waals surface area contributed by atoms with Crippen molar-refractivity contribution >= 4 is 33.8 Å². The van der Waals surface area contributed by atoms with Crippen molar-refractivity contribution in [1.82, 2.24) is 4.98 Å². The van der Waals surface area contributed by atoms with Gasteiger partial charge in [0.15, 0.2) is 16.6 Å². The van der Waals surface area contributed by atoms with Crippen molar-refractivity contribution in [3.05, 3.63) is 53.5 Å². The van der Waals surface area contributed by atoms with E-state index in [0.29, 0.717) is 33.8 Å². The first kappa shape index (κ1) is 16.2. The zero-order valence-corrected chi connectivity index (χ0v) is 14.6. The maximum Gasteiger partial charge on any atom is 0.275 e. The van der Waals surface area contributed by atoms with Crippen LogP contribution < -0.4 is 24.8 Å². The lowest BCUT2D eigenvalue weighted by atomic mass is 10.3. The van der Waals surface area contributed by atoms with Crippen molar-refractivity contribution in [1.29, 1.82) is 0 Å². The summed E-state index contributed by atoms with van der Waals surface area (Å²) in [5.74, 6) is 1.79. The molecule has 0 aliphatic carbocycles. The number of fused-ring (bicyclic) bond motifs is 1. The van der Waals surface area contributed by atoms with E-state index in [1.165, 1.54) is 11.3 Å². The Morgan fingerprint density at radius 1 is 1.15 bits per heavy atom. The number of rotatable bonds is 5. The third-order valence-electron chi connectivity index (χ3n) is 3.69. The maximum atomic E-state index is 12.4. The van der Waals surface area contributed by atoms with Gasteiger partial charge >= 0.3 is 0 Å². The highest BCUT2D eigenvalue weighted by Crippen LogP contribution is 2.35. The van der Waals surface area contributed by atoms with Crippen molar-refractivity contribution in [2.24, 2.45) is 0 Å². The standard InChI is InChI=1S/C18H15N3O4S/c1-23-13-4-2-3-11(7-13)19-17(22)14-9-26-18(21-14)20-12-5-6-15-16(8-12)25-10-24-15/h2-9H,10H2,1H3,(H,19,22)(H,20,21). The molecule has 0 unspecified atom stereocenters. The molecule has 1 aliphatic rings. The second-order valence-electron chi connectivity index (χ2n) is 5.42. The summed E-state index contributed by atoms with van der Waals surface area (Å²) in [6.07, 6.45) is 0. The van der Waals surface area contributed by atoms with E-state index in [-0.39, 0.29) is 12.7 Å². The van der Waals surface area contributed by atoms with Gasteiger partial charge in [0, 0.05) is 28.9 Å². The second-order valence-corrected chi connectivity index (χ2v) is 6.28. The van der Waals surface area contributed by atoms with Crippen molar-refractivity contribution in [3.63, 3.8) is 0 Å². The van der Waals surface area contributed by atoms with E-state index >= 15 is 0 Å². The second kappa shape index (κ2) is 6.93. The third-order valence-corrected chi connectivity index (χ3v) is 4.45. The molecule has 8 heteroatoms. The van der Waals surface area contributed by atoms with Crippen LogP contribution in [0.25, 0.3) is 0 Å². The minimum Gasteiger partial charge on any atom is -0.497 e. The summed E-state index contributed by atoms with van der Waals surface area (Å²) in [4.78, 5) is 16.7. The largest absolute Gasteiger partial charge is 0.497 e. The van der Waals surface area contributed by atoms with E-state index in [1.54, 1.807) is 24.6 Å². The van der Waals surface area contributed by atoms with Gasteiger partial charge in [0.2, 0.25) is 6.79 Å². The first-order valence-corrected chi connectivity index (χ1v) is 8.67. The summed E-state index contributed by atoms with van der Waals surface area (Å²) in [7, 11) is 1.58. The minimum atomic E-state index is -0.284. The molecule has 0 radical (unpaired) electrons. The number of anilines is 3. The fourth-order valence-corrected chi connectivity index (χ4v) is 3.14. The Labute approximate surface area is 153 Å². The Morgan fingerprint density at radius 3 is 2.92 bits per heavy atom. The van der Waals surface area contributed by atoms with Crippen LogP contribution in [-0.4, -0.2) is 24.8 Å². The molecule has 0 saturated heterocycles. The molecule has 2 N–H and O–H groups in total. The molecule has 3 aromatic rings. The molecule has 4 rings (SSSR count). The fraction of sp³-hybridized carbons (Fsp3) is 0.111. The molecule has 0 bridgehead atoms. The van der Waals surface area contributed by atoms with Crippen LogP contribution in [0.1, 0.15) is 10.5 Å². The molecule has 0 saturated carbocycles. The first-order valence-electron chi connectivity index (χ1n) is 7.79. The summed E-state index contributed by atoms with van der Waals surface area (Å²) in [6, 6.07) is 12.7. The number of aromatic nitrogens is 1. The molecule has 0 atom stereocenters. The van der Waals surface area contributed by atoms with Crippen molar-refractivity contribution in [3.8, 4) is 17.2 Å². The molecule has 1 aromatic heterocycles. The minimum absolute atomic E-state index is 0.227. The SMILES string of the molecule is COc1cccc(NC(=O)c2csc(Nc3ccc4c(c3)OCO4)n2)c1. The molecular weight excluding hydrogens is 354 g/mol. The number of thiazole rings is 1. The van der Waals surface area contributed by atoms with E-state index in [9.17, 15) is 4.79 Å². The lowest BCUT2D eigenvalue weighted by Crippen LogP contribution is -2.12. The molecule has 1 amide bonds. The number of nitrogens with one attached hydrogen (secondary N) is 2. The van der Waals surface area contributed by atoms with E-state index in [0.717, 1.165) is 5.69 Å². The Balaban J connectivity index is 1.44. The van der Waals surface area contributed by atoms with E-state index < -0.39 is 0 Å². The monoisotopic (exact) mass is 369 g/mol. The molecule has 0 spiro atoms. The molecule has 0 fully saturated rings. The van der Waals surface area contributed by atoms with Crippen LogP contribution in [0.15, 0.2) is 47.8 Å². The predicted molar refractivity (Wildman–Crippen MR) is 98.9 cm³/mol. The van der Waals surface area contributed by atoms with E-state index in [4.69, 9.17) is 14.2 Å². The summed E-state index contributed by atoms with van der Waals surface area (Å²) in [5, 5.41) is 8.28. The number of hydrogen-bond acceptors (Lipinski definition) is 7. The zero-order chi connectivity index (χ0) is 17.9. The zero-order valence-electron chi connectivity index (χ0n) is 13.8. The van der Waals surface area contributed by atoms with E-state index in [2.05, 4.69) is 15.6 Å². The number of carbonyl (C=O) groups is 1. The maximum absolute atomic E-state index is 12.4. The summed E-state index contributed by atoms with van der Waals surface area (Å²) in [5.41, 5.74) is 1.79. The van der Waals surface area contributed by atoms with Gasteiger partial charge in [-0.2, -0.15) is 0 Å². The predicted octanol–water partition coefficient (Wildman–Crippen LogP) is 3.88. The van der Waals surface area contributed by atoms with Gasteiger partial charge < -0.3 is 24.8 Å². The number of hydrogen-bond donors (Lipinski definition) is 2. The van der Waals surface area contributed by atoms with Crippen LogP contribution in [0, 0.1) is 0 Å². The van der Waals surface area contributed by atoms with Gasteiger partial charge in [0.25, 0.3) is 5.91 Å². The van der Waals surface area contributed by atoms with Crippen LogP contribution in [0.3, 0.4) is 0 Å². The van der Waals surface area contributed by atoms with Crippen molar-refractivity contribution < 1.29 is 19.0 Å². The van der Waals surface area contributed by atoms with Gasteiger partial charge in [-0.15, -0.1) is 11.3 Å². The fourth-order valence-electron chi connectivity index (χ4n) is 2.43. The lowest BCUT2D eigenvalue weighted by molar-refractivity contribution is 0.102. The van der Waals surface area contributed by atoms with Gasteiger partial charge in [-0.05, 0) is 24.3 Å². The van der Waals surface area contributed by atoms with Gasteiger partial charge in [0.1, 0.15) is 11.4 Å². The van der Waals surface area contributed by atoms with Crippen LogP contribution >= 0.6 is 11.3 Å². The summed E-state index contributed by atoms with van der Waals surface area (Å²) >= 11 is 1.34. The van der Waals surface area contributed by atoms with Crippen LogP contribution in [0.4, 0.5) is 16.5 Å². The van der Waals surface area contributed by atoms with Gasteiger partial charge in [-0.25, -0.2) is 4.98 Å². The van der Waals surface area contributed by atoms with Crippen molar-refractivity contribution in [2.75, 3.05) is 24.5 Å². The quantitative estimate of drug-likeness (QED) is 0.710. The van der Waals surface area contributed by atoms with Crippen LogP contribution in [0.2, 0.25) is 0 Å². The van der Waals surface area contributed by atoms with Gasteiger partial charge in [0.05, 0.1) is 7.11 Å². The highest BCUT2D eigenvalue weighted by molar-refractivity contribution is 7.14. The molecule has 26 heavy (non-hydrogen) atoms. The molecular formula is C18H15N3O4S. The lowest BCUT2D eigenvalue weighted by Gasteiger charge is -2.05. The van der Waals surface area contributed by atoms with Crippen molar-refractivity contribution in [2.45, 2.75) is 0 Å². The number of ether oxygens (including phenoxy) is 3. The average molecular weight is 369 g/mol. The highest BCUT2D eigenvalue weighted by Gasteiger charge is 2.15. The Hall–Kier alpha value is -3.26. The smallest absolute Gasteiger partial charge is 0.275 e. The van der Waals surface area contributed by atoms with Gasteiger partial charge in [-0.1, -0.05) is 6.07 Å². The molecule has 2 aromatic carbocycles. The summed E-state index contributed by atoms with van der Waals surface area (Å²) < 4.78 is 15.8. The molecule has 1 aliphatic heterocycles. The number of methoxy groups -OCH3 is 1. The van der Waals surface area contributed by atoms with Crippen LogP contribution in [0.5, 0.6) is 17.2 Å². The molecule has 7 nitrogen and oxygen atoms in total. The highest BCUT2D eigenvalue weighted by atomic mass is 32.1. The number of nitrogens with zero attached hydrogens (tertiary/aromatic N) is 1. The van der Waals surface area contributed by atoms with E-state index in [1.807, 2.05) is 30.3 Å². The molecule has 2 heterocycles. The third kappa shape index (κ3) is 3.40. The topological polar surface area (TPSA) is 81.7 Å². The first-order chi connectivity index (χ1) is 12.7. The van der Waals surface area contributed by atoms with Gasteiger partial charge in [-0.3, -0.25) is 4.79 Å². The average Bonchev–Trinajstić information content (AvgIpc) is 3.31. The Kier molecular flexibility index (Phi) is 4.32. The molecule has 132 valence electrons. The number of benzene rings is 2. The normalized spacial score (nSPS) is 11.9. The Bertz CT molecular complexity index is 957. The summed E-state index contributed by atoms with van der Waals surface area (Å²) in [6.45, 7) is 0.227. The number of amides is 1. The van der Waals surface area contributed by atoms with Crippen LogP contribution in [-0.2, 0) is 0 Å².